The lowest BCUT2D eigenvalue weighted by Gasteiger charge is -2.31. The fraction of sp³-hybridized carbons (Fsp3) is 0.625. The van der Waals surface area contributed by atoms with Gasteiger partial charge in [0, 0.05) is 31.9 Å². The second kappa shape index (κ2) is 6.69. The molecule has 1 aromatic carbocycles. The molecular formula is C16H23F3N2. The van der Waals surface area contributed by atoms with Crippen molar-refractivity contribution in [2.75, 3.05) is 31.1 Å². The maximum absolute atomic E-state index is 12.9. The summed E-state index contributed by atoms with van der Waals surface area (Å²) in [6.45, 7) is 7.64. The minimum atomic E-state index is -4.27. The van der Waals surface area contributed by atoms with Gasteiger partial charge in [-0.2, -0.15) is 13.2 Å². The maximum Gasteiger partial charge on any atom is 0.416 e. The zero-order valence-electron chi connectivity index (χ0n) is 12.6. The van der Waals surface area contributed by atoms with Crippen LogP contribution in [0, 0.1) is 5.92 Å². The first-order valence-electron chi connectivity index (χ1n) is 7.53. The van der Waals surface area contributed by atoms with Crippen LogP contribution in [-0.2, 0) is 12.6 Å². The summed E-state index contributed by atoms with van der Waals surface area (Å²) in [5.41, 5.74) is 1.24. The molecule has 1 heterocycles. The first-order chi connectivity index (χ1) is 9.88. The Morgan fingerprint density at radius 3 is 2.43 bits per heavy atom. The molecule has 1 aliphatic rings. The third kappa shape index (κ3) is 4.37. The summed E-state index contributed by atoms with van der Waals surface area (Å²) >= 11 is 0. The van der Waals surface area contributed by atoms with Crippen molar-refractivity contribution in [1.82, 2.24) is 5.32 Å². The number of rotatable bonds is 4. The molecule has 0 bridgehead atoms. The lowest BCUT2D eigenvalue weighted by atomic mass is 9.98. The number of hydrogen-bond donors (Lipinski definition) is 1. The highest BCUT2D eigenvalue weighted by Gasteiger charge is 2.31. The quantitative estimate of drug-likeness (QED) is 0.912. The van der Waals surface area contributed by atoms with Crippen LogP contribution in [0.2, 0.25) is 0 Å². The SMILES string of the molecule is CC(C)CCc1cc(C(F)(F)F)ccc1N1CCNCC1. The molecule has 1 fully saturated rings. The van der Waals surface area contributed by atoms with Crippen LogP contribution in [-0.4, -0.2) is 26.2 Å². The van der Waals surface area contributed by atoms with Crippen LogP contribution in [0.3, 0.4) is 0 Å². The Morgan fingerprint density at radius 2 is 1.86 bits per heavy atom. The van der Waals surface area contributed by atoms with Crippen LogP contribution < -0.4 is 10.2 Å². The monoisotopic (exact) mass is 300 g/mol. The molecule has 0 unspecified atom stereocenters. The molecule has 21 heavy (non-hydrogen) atoms. The van der Waals surface area contributed by atoms with Gasteiger partial charge in [0.15, 0.2) is 0 Å². The van der Waals surface area contributed by atoms with Gasteiger partial charge in [-0.15, -0.1) is 0 Å². The van der Waals surface area contributed by atoms with E-state index in [0.29, 0.717) is 12.3 Å². The first-order valence-corrected chi connectivity index (χ1v) is 7.53. The van der Waals surface area contributed by atoms with Gasteiger partial charge in [-0.1, -0.05) is 13.8 Å². The van der Waals surface area contributed by atoms with E-state index in [-0.39, 0.29) is 0 Å². The highest BCUT2D eigenvalue weighted by Crippen LogP contribution is 2.33. The summed E-state index contributed by atoms with van der Waals surface area (Å²) < 4.78 is 38.8. The van der Waals surface area contributed by atoms with Gasteiger partial charge in [-0.05, 0) is 42.5 Å². The molecule has 0 radical (unpaired) electrons. The number of hydrogen-bond acceptors (Lipinski definition) is 2. The average molecular weight is 300 g/mol. The van der Waals surface area contributed by atoms with Gasteiger partial charge >= 0.3 is 6.18 Å². The van der Waals surface area contributed by atoms with Crippen molar-refractivity contribution in [2.45, 2.75) is 32.9 Å². The summed E-state index contributed by atoms with van der Waals surface area (Å²) in [5, 5.41) is 3.27. The van der Waals surface area contributed by atoms with E-state index >= 15 is 0 Å². The van der Waals surface area contributed by atoms with Gasteiger partial charge in [0.1, 0.15) is 0 Å². The van der Waals surface area contributed by atoms with E-state index in [1.165, 1.54) is 12.1 Å². The Bertz CT molecular complexity index is 463. The second-order valence-electron chi connectivity index (χ2n) is 6.01. The third-order valence-electron chi connectivity index (χ3n) is 3.86. The van der Waals surface area contributed by atoms with Crippen molar-refractivity contribution in [3.8, 4) is 0 Å². The number of benzene rings is 1. The first kappa shape index (κ1) is 16.1. The number of alkyl halides is 3. The van der Waals surface area contributed by atoms with E-state index in [1.807, 2.05) is 0 Å². The Hall–Kier alpha value is -1.23. The lowest BCUT2D eigenvalue weighted by Crippen LogP contribution is -2.43. The molecule has 0 aliphatic carbocycles. The van der Waals surface area contributed by atoms with Crippen LogP contribution in [0.4, 0.5) is 18.9 Å². The Labute approximate surface area is 124 Å². The molecule has 1 N–H and O–H groups in total. The number of halogens is 3. The zero-order chi connectivity index (χ0) is 15.5. The lowest BCUT2D eigenvalue weighted by molar-refractivity contribution is -0.137. The van der Waals surface area contributed by atoms with Crippen molar-refractivity contribution >= 4 is 5.69 Å². The van der Waals surface area contributed by atoms with E-state index in [4.69, 9.17) is 0 Å². The number of piperazine rings is 1. The molecule has 1 aromatic rings. The van der Waals surface area contributed by atoms with Crippen LogP contribution in [0.15, 0.2) is 18.2 Å². The highest BCUT2D eigenvalue weighted by molar-refractivity contribution is 5.56. The van der Waals surface area contributed by atoms with Crippen molar-refractivity contribution in [3.63, 3.8) is 0 Å². The van der Waals surface area contributed by atoms with Crippen molar-refractivity contribution < 1.29 is 13.2 Å². The minimum Gasteiger partial charge on any atom is -0.369 e. The van der Waals surface area contributed by atoms with Gasteiger partial charge in [-0.3, -0.25) is 0 Å². The fourth-order valence-electron chi connectivity index (χ4n) is 2.62. The molecular weight excluding hydrogens is 277 g/mol. The maximum atomic E-state index is 12.9. The van der Waals surface area contributed by atoms with Crippen LogP contribution in [0.25, 0.3) is 0 Å². The summed E-state index contributed by atoms with van der Waals surface area (Å²) in [7, 11) is 0. The smallest absolute Gasteiger partial charge is 0.369 e. The summed E-state index contributed by atoms with van der Waals surface area (Å²) in [5.74, 6) is 0.482. The van der Waals surface area contributed by atoms with Gasteiger partial charge in [0.25, 0.3) is 0 Å². The largest absolute Gasteiger partial charge is 0.416 e. The number of nitrogens with one attached hydrogen (secondary N) is 1. The summed E-state index contributed by atoms with van der Waals surface area (Å²) in [6.07, 6.45) is -2.67. The number of anilines is 1. The number of aryl methyl sites for hydroxylation is 1. The molecule has 0 atom stereocenters. The second-order valence-corrected chi connectivity index (χ2v) is 6.01. The van der Waals surface area contributed by atoms with E-state index in [9.17, 15) is 13.2 Å². The highest BCUT2D eigenvalue weighted by atomic mass is 19.4. The van der Waals surface area contributed by atoms with Gasteiger partial charge in [-0.25, -0.2) is 0 Å². The predicted molar refractivity (Wildman–Crippen MR) is 79.7 cm³/mol. The van der Waals surface area contributed by atoms with Crippen LogP contribution in [0.1, 0.15) is 31.4 Å². The Balaban J connectivity index is 2.28. The molecule has 2 nitrogen and oxygen atoms in total. The topological polar surface area (TPSA) is 15.3 Å². The molecule has 0 amide bonds. The van der Waals surface area contributed by atoms with Crippen molar-refractivity contribution in [3.05, 3.63) is 29.3 Å². The average Bonchev–Trinajstić information content (AvgIpc) is 2.44. The molecule has 1 saturated heterocycles. The van der Waals surface area contributed by atoms with Crippen LogP contribution >= 0.6 is 0 Å². The normalized spacial score (nSPS) is 16.6. The number of nitrogens with zero attached hydrogens (tertiary/aromatic N) is 1. The molecule has 118 valence electrons. The van der Waals surface area contributed by atoms with Gasteiger partial charge in [0.2, 0.25) is 0 Å². The van der Waals surface area contributed by atoms with E-state index in [1.54, 1.807) is 6.07 Å². The molecule has 1 aliphatic heterocycles. The van der Waals surface area contributed by atoms with Crippen LogP contribution in [0.5, 0.6) is 0 Å². The van der Waals surface area contributed by atoms with Crippen molar-refractivity contribution in [2.24, 2.45) is 5.92 Å². The van der Waals surface area contributed by atoms with Gasteiger partial charge in [0.05, 0.1) is 5.56 Å². The fourth-order valence-corrected chi connectivity index (χ4v) is 2.62. The van der Waals surface area contributed by atoms with Gasteiger partial charge < -0.3 is 10.2 Å². The van der Waals surface area contributed by atoms with E-state index < -0.39 is 11.7 Å². The molecule has 5 heteroatoms. The molecule has 0 aromatic heterocycles. The molecule has 0 spiro atoms. The van der Waals surface area contributed by atoms with E-state index in [2.05, 4.69) is 24.1 Å². The minimum absolute atomic E-state index is 0.482. The summed E-state index contributed by atoms with van der Waals surface area (Å²) in [4.78, 5) is 2.19. The molecule has 2 rings (SSSR count). The molecule has 0 saturated carbocycles. The third-order valence-corrected chi connectivity index (χ3v) is 3.86. The Kier molecular flexibility index (Phi) is 5.14. The zero-order valence-corrected chi connectivity index (χ0v) is 12.6. The van der Waals surface area contributed by atoms with Crippen molar-refractivity contribution in [1.29, 1.82) is 0 Å². The van der Waals surface area contributed by atoms with E-state index in [0.717, 1.165) is 43.9 Å². The Morgan fingerprint density at radius 1 is 1.19 bits per heavy atom. The summed E-state index contributed by atoms with van der Waals surface area (Å²) in [6, 6.07) is 4.18. The standard InChI is InChI=1S/C16H23F3N2/c1-12(2)3-4-13-11-14(16(17,18)19)5-6-15(13)21-9-7-20-8-10-21/h5-6,11-12,20H,3-4,7-10H2,1-2H3. The predicted octanol–water partition coefficient (Wildman–Crippen LogP) is 3.70.